The molecule has 0 unspecified atom stereocenters. The van der Waals surface area contributed by atoms with E-state index < -0.39 is 0 Å². The Bertz CT molecular complexity index is 628. The van der Waals surface area contributed by atoms with Gasteiger partial charge < -0.3 is 9.84 Å². The summed E-state index contributed by atoms with van der Waals surface area (Å²) in [6.07, 6.45) is 1.59. The number of nitrogens with zero attached hydrogens (tertiary/aromatic N) is 2. The van der Waals surface area contributed by atoms with Crippen LogP contribution in [0.4, 0.5) is 5.13 Å². The Morgan fingerprint density at radius 3 is 3.00 bits per heavy atom. The smallest absolute Gasteiger partial charge is 0.203 e. The zero-order chi connectivity index (χ0) is 14.5. The van der Waals surface area contributed by atoms with Gasteiger partial charge in [0.1, 0.15) is 0 Å². The molecule has 1 aromatic carbocycles. The number of aromatic nitrogens is 1. The van der Waals surface area contributed by atoms with Crippen LogP contribution in [-0.2, 0) is 0 Å². The van der Waals surface area contributed by atoms with Crippen LogP contribution in [0.25, 0.3) is 0 Å². The fourth-order valence-electron chi connectivity index (χ4n) is 1.50. The highest BCUT2D eigenvalue weighted by Crippen LogP contribution is 2.34. The summed E-state index contributed by atoms with van der Waals surface area (Å²) in [5, 5.41) is 16.7. The number of halogens is 1. The molecule has 0 bridgehead atoms. The molecule has 0 aliphatic heterocycles. The van der Waals surface area contributed by atoms with Gasteiger partial charge in [-0.3, -0.25) is 5.43 Å². The van der Waals surface area contributed by atoms with E-state index in [1.165, 1.54) is 11.3 Å². The highest BCUT2D eigenvalue weighted by molar-refractivity contribution is 7.13. The van der Waals surface area contributed by atoms with Crippen LogP contribution in [0.15, 0.2) is 22.6 Å². The number of ether oxygens (including phenoxy) is 1. The number of anilines is 1. The standard InChI is InChI=1S/C13H14ClN3O2S/c1-3-19-11-5-9(4-10(14)12(11)18)6-15-17-13-16-8(2)7-20-13/h4-7,18H,3H2,1-2H3,(H,16,17). The van der Waals surface area contributed by atoms with Gasteiger partial charge >= 0.3 is 0 Å². The first-order valence-electron chi connectivity index (χ1n) is 5.96. The van der Waals surface area contributed by atoms with E-state index in [1.807, 2.05) is 19.2 Å². The summed E-state index contributed by atoms with van der Waals surface area (Å²) in [5.74, 6) is 0.278. The molecule has 2 aromatic rings. The van der Waals surface area contributed by atoms with E-state index in [2.05, 4.69) is 15.5 Å². The first kappa shape index (κ1) is 14.6. The fraction of sp³-hybridized carbons (Fsp3) is 0.231. The Balaban J connectivity index is 2.12. The van der Waals surface area contributed by atoms with Crippen LogP contribution in [0.1, 0.15) is 18.2 Å². The van der Waals surface area contributed by atoms with Crippen molar-refractivity contribution in [1.29, 1.82) is 0 Å². The molecule has 2 N–H and O–H groups in total. The first-order chi connectivity index (χ1) is 9.60. The molecule has 0 aliphatic carbocycles. The average molecular weight is 312 g/mol. The summed E-state index contributed by atoms with van der Waals surface area (Å²) >= 11 is 7.41. The molecule has 0 saturated carbocycles. The van der Waals surface area contributed by atoms with Gasteiger partial charge in [-0.2, -0.15) is 5.10 Å². The third-order valence-corrected chi connectivity index (χ3v) is 3.50. The van der Waals surface area contributed by atoms with Crippen LogP contribution in [0.3, 0.4) is 0 Å². The second kappa shape index (κ2) is 6.58. The first-order valence-corrected chi connectivity index (χ1v) is 7.22. The van der Waals surface area contributed by atoms with Crippen molar-refractivity contribution in [3.8, 4) is 11.5 Å². The van der Waals surface area contributed by atoms with E-state index in [0.29, 0.717) is 17.5 Å². The van der Waals surface area contributed by atoms with Gasteiger partial charge in [0.25, 0.3) is 0 Å². The molecule has 2 rings (SSSR count). The Kier molecular flexibility index (Phi) is 4.81. The predicted octanol–water partition coefficient (Wildman–Crippen LogP) is 3.66. The van der Waals surface area contributed by atoms with E-state index in [9.17, 15) is 5.11 Å². The Labute approximate surface area is 125 Å². The lowest BCUT2D eigenvalue weighted by atomic mass is 10.2. The lowest BCUT2D eigenvalue weighted by molar-refractivity contribution is 0.318. The summed E-state index contributed by atoms with van der Waals surface area (Å²) in [4.78, 5) is 4.22. The quantitative estimate of drug-likeness (QED) is 0.653. The molecule has 0 saturated heterocycles. The van der Waals surface area contributed by atoms with Crippen molar-refractivity contribution >= 4 is 34.3 Å². The number of rotatable bonds is 5. The number of aryl methyl sites for hydroxylation is 1. The fourth-order valence-corrected chi connectivity index (χ4v) is 2.36. The van der Waals surface area contributed by atoms with Crippen molar-refractivity contribution in [2.75, 3.05) is 12.0 Å². The van der Waals surface area contributed by atoms with Crippen molar-refractivity contribution in [3.63, 3.8) is 0 Å². The van der Waals surface area contributed by atoms with Crippen LogP contribution in [0.2, 0.25) is 5.02 Å². The largest absolute Gasteiger partial charge is 0.503 e. The van der Waals surface area contributed by atoms with Gasteiger partial charge in [-0.15, -0.1) is 11.3 Å². The molecule has 20 heavy (non-hydrogen) atoms. The Morgan fingerprint density at radius 2 is 2.35 bits per heavy atom. The van der Waals surface area contributed by atoms with Crippen LogP contribution < -0.4 is 10.2 Å². The van der Waals surface area contributed by atoms with Gasteiger partial charge in [0, 0.05) is 5.38 Å². The minimum absolute atomic E-state index is 0.0609. The highest BCUT2D eigenvalue weighted by atomic mass is 35.5. The van der Waals surface area contributed by atoms with E-state index in [4.69, 9.17) is 16.3 Å². The number of thiazole rings is 1. The number of hydrogen-bond donors (Lipinski definition) is 2. The number of hydrazone groups is 1. The van der Waals surface area contributed by atoms with Gasteiger partial charge in [-0.25, -0.2) is 4.98 Å². The van der Waals surface area contributed by atoms with Gasteiger partial charge in [-0.05, 0) is 31.5 Å². The number of nitrogens with one attached hydrogen (secondary N) is 1. The number of hydrogen-bond acceptors (Lipinski definition) is 6. The Hall–Kier alpha value is -1.79. The summed E-state index contributed by atoms with van der Waals surface area (Å²) in [6.45, 7) is 4.20. The number of phenolic OH excluding ortho intramolecular Hbond substituents is 1. The Morgan fingerprint density at radius 1 is 1.55 bits per heavy atom. The third-order valence-electron chi connectivity index (χ3n) is 2.34. The van der Waals surface area contributed by atoms with Crippen molar-refractivity contribution in [1.82, 2.24) is 4.98 Å². The number of aromatic hydroxyl groups is 1. The summed E-state index contributed by atoms with van der Waals surface area (Å²) in [5.41, 5.74) is 4.49. The number of phenols is 1. The maximum absolute atomic E-state index is 9.73. The predicted molar refractivity (Wildman–Crippen MR) is 82.4 cm³/mol. The normalized spacial score (nSPS) is 10.9. The molecule has 0 aliphatic rings. The third kappa shape index (κ3) is 3.61. The SMILES string of the molecule is CCOc1cc(C=NNc2nc(C)cs2)cc(Cl)c1O. The zero-order valence-electron chi connectivity index (χ0n) is 11.1. The second-order valence-corrected chi connectivity index (χ2v) is 5.21. The number of benzene rings is 1. The van der Waals surface area contributed by atoms with Gasteiger partial charge in [0.15, 0.2) is 11.5 Å². The van der Waals surface area contributed by atoms with E-state index in [1.54, 1.807) is 18.3 Å². The highest BCUT2D eigenvalue weighted by Gasteiger charge is 2.08. The molecule has 0 amide bonds. The van der Waals surface area contributed by atoms with Crippen LogP contribution >= 0.6 is 22.9 Å². The molecule has 0 fully saturated rings. The lowest BCUT2D eigenvalue weighted by Crippen LogP contribution is -1.95. The average Bonchev–Trinajstić information content (AvgIpc) is 2.81. The minimum atomic E-state index is -0.0609. The van der Waals surface area contributed by atoms with Crippen molar-refractivity contribution < 1.29 is 9.84 Å². The van der Waals surface area contributed by atoms with Crippen molar-refractivity contribution in [2.24, 2.45) is 5.10 Å². The van der Waals surface area contributed by atoms with Crippen molar-refractivity contribution in [3.05, 3.63) is 33.8 Å². The molecular formula is C13H14ClN3O2S. The monoisotopic (exact) mass is 311 g/mol. The summed E-state index contributed by atoms with van der Waals surface area (Å²) in [7, 11) is 0. The van der Waals surface area contributed by atoms with Crippen molar-refractivity contribution in [2.45, 2.75) is 13.8 Å². The second-order valence-electron chi connectivity index (χ2n) is 3.95. The molecular weight excluding hydrogens is 298 g/mol. The van der Waals surface area contributed by atoms with E-state index >= 15 is 0 Å². The molecule has 1 heterocycles. The minimum Gasteiger partial charge on any atom is -0.503 e. The summed E-state index contributed by atoms with van der Waals surface area (Å²) < 4.78 is 5.30. The molecule has 106 valence electrons. The van der Waals surface area contributed by atoms with E-state index in [-0.39, 0.29) is 10.8 Å². The molecule has 0 atom stereocenters. The van der Waals surface area contributed by atoms with Crippen LogP contribution in [-0.4, -0.2) is 22.9 Å². The molecule has 0 radical (unpaired) electrons. The van der Waals surface area contributed by atoms with E-state index in [0.717, 1.165) is 11.3 Å². The molecule has 5 nitrogen and oxygen atoms in total. The van der Waals surface area contributed by atoms with Crippen LogP contribution in [0, 0.1) is 6.92 Å². The summed E-state index contributed by atoms with van der Waals surface area (Å²) in [6, 6.07) is 3.28. The maximum atomic E-state index is 9.73. The lowest BCUT2D eigenvalue weighted by Gasteiger charge is -2.08. The van der Waals surface area contributed by atoms with Gasteiger partial charge in [-0.1, -0.05) is 11.6 Å². The topological polar surface area (TPSA) is 66.7 Å². The maximum Gasteiger partial charge on any atom is 0.203 e. The molecule has 7 heteroatoms. The van der Waals surface area contributed by atoms with Gasteiger partial charge in [0.2, 0.25) is 5.13 Å². The van der Waals surface area contributed by atoms with Crippen LogP contribution in [0.5, 0.6) is 11.5 Å². The van der Waals surface area contributed by atoms with Gasteiger partial charge in [0.05, 0.1) is 23.5 Å². The zero-order valence-corrected chi connectivity index (χ0v) is 12.6. The molecule has 0 spiro atoms. The molecule has 1 aromatic heterocycles.